The second-order valence-corrected chi connectivity index (χ2v) is 9.21. The van der Waals surface area contributed by atoms with Gasteiger partial charge in [0.1, 0.15) is 12.4 Å². The van der Waals surface area contributed by atoms with Gasteiger partial charge in [0.05, 0.1) is 18.8 Å². The maximum atomic E-state index is 10.9. The number of benzene rings is 3. The van der Waals surface area contributed by atoms with Gasteiger partial charge in [0, 0.05) is 36.3 Å². The maximum Gasteiger partial charge on any atom is 0.119 e. The van der Waals surface area contributed by atoms with Gasteiger partial charge in [0.15, 0.2) is 0 Å². The molecule has 0 aliphatic rings. The molecule has 0 heterocycles. The Kier molecular flexibility index (Phi) is 11.3. The van der Waals surface area contributed by atoms with Crippen molar-refractivity contribution in [1.82, 2.24) is 4.90 Å². The zero-order valence-corrected chi connectivity index (χ0v) is 21.5. The van der Waals surface area contributed by atoms with E-state index in [4.69, 9.17) is 32.7 Å². The van der Waals surface area contributed by atoms with Crippen molar-refractivity contribution in [3.05, 3.63) is 99.5 Å². The smallest absolute Gasteiger partial charge is 0.119 e. The van der Waals surface area contributed by atoms with Gasteiger partial charge in [-0.2, -0.15) is 0 Å². The van der Waals surface area contributed by atoms with E-state index < -0.39 is 12.2 Å². The van der Waals surface area contributed by atoms with Crippen LogP contribution in [0.4, 0.5) is 0 Å². The summed E-state index contributed by atoms with van der Waals surface area (Å²) < 4.78 is 11.0. The van der Waals surface area contributed by atoms with Crippen molar-refractivity contribution in [3.63, 3.8) is 0 Å². The largest absolute Gasteiger partial charge is 0.491 e. The summed E-state index contributed by atoms with van der Waals surface area (Å²) in [6, 6.07) is 22.4. The molecule has 0 fully saturated rings. The van der Waals surface area contributed by atoms with E-state index >= 15 is 0 Å². The Hall–Kier alpha value is -2.12. The highest BCUT2D eigenvalue weighted by Gasteiger charge is 2.19. The Labute approximate surface area is 217 Å². The van der Waals surface area contributed by atoms with Crippen molar-refractivity contribution in [1.29, 1.82) is 0 Å². The molecule has 2 N–H and O–H groups in total. The molecule has 0 aliphatic heterocycles. The van der Waals surface area contributed by atoms with Gasteiger partial charge >= 0.3 is 0 Å². The lowest BCUT2D eigenvalue weighted by molar-refractivity contribution is 0.0694. The predicted octanol–water partition coefficient (Wildman–Crippen LogP) is 5.72. The number of hydrogen-bond acceptors (Lipinski definition) is 5. The molecule has 3 aromatic rings. The van der Waals surface area contributed by atoms with Gasteiger partial charge in [0.25, 0.3) is 0 Å². The van der Waals surface area contributed by atoms with Crippen molar-refractivity contribution in [3.8, 4) is 5.75 Å². The first-order valence-corrected chi connectivity index (χ1v) is 12.6. The van der Waals surface area contributed by atoms with Gasteiger partial charge in [-0.05, 0) is 66.4 Å². The fourth-order valence-electron chi connectivity index (χ4n) is 3.79. The number of hydrogen-bond donors (Lipinski definition) is 2. The second-order valence-electron chi connectivity index (χ2n) is 8.34. The van der Waals surface area contributed by atoms with E-state index in [-0.39, 0.29) is 0 Å². The van der Waals surface area contributed by atoms with E-state index in [0.29, 0.717) is 49.5 Å². The first-order valence-electron chi connectivity index (χ1n) is 11.8. The zero-order chi connectivity index (χ0) is 25.0. The summed E-state index contributed by atoms with van der Waals surface area (Å²) in [5, 5.41) is 22.9. The highest BCUT2D eigenvalue weighted by atomic mass is 35.5. The molecule has 0 bridgehead atoms. The molecular formula is C28H33Cl2NO4. The Morgan fingerprint density at radius 2 is 1.37 bits per heavy atom. The summed E-state index contributed by atoms with van der Waals surface area (Å²) in [7, 11) is 0. The van der Waals surface area contributed by atoms with Gasteiger partial charge in [0.2, 0.25) is 0 Å². The molecule has 3 rings (SSSR count). The van der Waals surface area contributed by atoms with Gasteiger partial charge < -0.3 is 19.7 Å². The standard InChI is InChI=1S/C28H33Cl2NO4/c1-2-34-15-16-35-26-11-9-21(10-12-26)13-14-31(19-27(32)22-5-3-7-24(29)17-22)20-28(33)23-6-4-8-25(30)18-23/h3-12,17-18,27-28,32-33H,2,13-16,19-20H2,1H3/t27-,28?/m0/s1. The van der Waals surface area contributed by atoms with E-state index in [0.717, 1.165) is 28.9 Å². The molecule has 2 atom stereocenters. The van der Waals surface area contributed by atoms with Crippen LogP contribution in [-0.2, 0) is 11.2 Å². The second kappa shape index (κ2) is 14.4. The lowest BCUT2D eigenvalue weighted by Crippen LogP contribution is -2.34. The average Bonchev–Trinajstić information content (AvgIpc) is 2.86. The molecule has 0 amide bonds. The Morgan fingerprint density at radius 1 is 0.800 bits per heavy atom. The molecule has 0 saturated carbocycles. The highest BCUT2D eigenvalue weighted by Crippen LogP contribution is 2.23. The number of aliphatic hydroxyl groups is 2. The quantitative estimate of drug-likeness (QED) is 0.267. The molecule has 1 unspecified atom stereocenters. The SMILES string of the molecule is CCOCCOc1ccc(CCN(CC(O)c2cccc(Cl)c2)C[C@H](O)c2cccc(Cl)c2)cc1. The highest BCUT2D eigenvalue weighted by molar-refractivity contribution is 6.30. The average molecular weight is 518 g/mol. The summed E-state index contributed by atoms with van der Waals surface area (Å²) in [5.41, 5.74) is 2.63. The number of nitrogens with zero attached hydrogens (tertiary/aromatic N) is 1. The van der Waals surface area contributed by atoms with Crippen LogP contribution in [0.1, 0.15) is 35.8 Å². The summed E-state index contributed by atoms with van der Waals surface area (Å²) in [6.07, 6.45) is -0.716. The topological polar surface area (TPSA) is 62.2 Å². The van der Waals surface area contributed by atoms with Crippen LogP contribution in [0.5, 0.6) is 5.75 Å². The minimum Gasteiger partial charge on any atom is -0.491 e. The normalized spacial score (nSPS) is 13.1. The van der Waals surface area contributed by atoms with Crippen LogP contribution in [0.2, 0.25) is 10.0 Å². The molecule has 3 aromatic carbocycles. The van der Waals surface area contributed by atoms with Gasteiger partial charge in [-0.3, -0.25) is 4.90 Å². The summed E-state index contributed by atoms with van der Waals surface area (Å²) in [5.74, 6) is 0.804. The third-order valence-corrected chi connectivity index (χ3v) is 6.14. The number of halogens is 2. The minimum absolute atomic E-state index is 0.358. The summed E-state index contributed by atoms with van der Waals surface area (Å²) in [4.78, 5) is 2.06. The first-order chi connectivity index (χ1) is 16.9. The van der Waals surface area contributed by atoms with Crippen molar-refractivity contribution >= 4 is 23.2 Å². The Bertz CT molecular complexity index is 978. The van der Waals surface area contributed by atoms with E-state index in [9.17, 15) is 10.2 Å². The zero-order valence-electron chi connectivity index (χ0n) is 19.9. The van der Waals surface area contributed by atoms with Gasteiger partial charge in [-0.15, -0.1) is 0 Å². The Balaban J connectivity index is 1.64. The molecule has 0 spiro atoms. The van der Waals surface area contributed by atoms with Crippen molar-refractivity contribution in [2.45, 2.75) is 25.6 Å². The van der Waals surface area contributed by atoms with Crippen LogP contribution in [0.15, 0.2) is 72.8 Å². The molecule has 0 radical (unpaired) electrons. The maximum absolute atomic E-state index is 10.9. The number of ether oxygens (including phenoxy) is 2. The molecule has 5 nitrogen and oxygen atoms in total. The van der Waals surface area contributed by atoms with Gasteiger partial charge in [-0.1, -0.05) is 59.6 Å². The lowest BCUT2D eigenvalue weighted by atomic mass is 10.1. The van der Waals surface area contributed by atoms with Crippen LogP contribution < -0.4 is 4.74 Å². The van der Waals surface area contributed by atoms with Crippen molar-refractivity contribution in [2.75, 3.05) is 39.5 Å². The third kappa shape index (κ3) is 9.45. The molecule has 188 valence electrons. The van der Waals surface area contributed by atoms with Crippen LogP contribution >= 0.6 is 23.2 Å². The molecular weight excluding hydrogens is 485 g/mol. The molecule has 0 aromatic heterocycles. The van der Waals surface area contributed by atoms with Crippen LogP contribution in [0.3, 0.4) is 0 Å². The molecule has 35 heavy (non-hydrogen) atoms. The monoisotopic (exact) mass is 517 g/mol. The van der Waals surface area contributed by atoms with E-state index in [1.54, 1.807) is 24.3 Å². The van der Waals surface area contributed by atoms with Crippen LogP contribution in [0, 0.1) is 0 Å². The van der Waals surface area contributed by atoms with Crippen LogP contribution in [-0.4, -0.2) is 54.6 Å². The van der Waals surface area contributed by atoms with E-state index in [2.05, 4.69) is 4.90 Å². The van der Waals surface area contributed by atoms with E-state index in [1.165, 1.54) is 0 Å². The van der Waals surface area contributed by atoms with Crippen LogP contribution in [0.25, 0.3) is 0 Å². The fourth-order valence-corrected chi connectivity index (χ4v) is 4.18. The van der Waals surface area contributed by atoms with Gasteiger partial charge in [-0.25, -0.2) is 0 Å². The minimum atomic E-state index is -0.735. The molecule has 7 heteroatoms. The number of aliphatic hydroxyl groups excluding tert-OH is 2. The Morgan fingerprint density at radius 3 is 1.89 bits per heavy atom. The predicted molar refractivity (Wildman–Crippen MR) is 141 cm³/mol. The summed E-state index contributed by atoms with van der Waals surface area (Å²) in [6.45, 7) is 5.09. The number of rotatable bonds is 14. The fraction of sp³-hybridized carbons (Fsp3) is 0.357. The lowest BCUT2D eigenvalue weighted by Gasteiger charge is -2.28. The summed E-state index contributed by atoms with van der Waals surface area (Å²) >= 11 is 12.2. The molecule has 0 saturated heterocycles. The first kappa shape index (κ1) is 27.5. The van der Waals surface area contributed by atoms with Crippen molar-refractivity contribution < 1.29 is 19.7 Å². The van der Waals surface area contributed by atoms with E-state index in [1.807, 2.05) is 55.5 Å². The third-order valence-electron chi connectivity index (χ3n) is 5.67. The van der Waals surface area contributed by atoms with Crippen molar-refractivity contribution in [2.24, 2.45) is 0 Å². The molecule has 0 aliphatic carbocycles.